The lowest BCUT2D eigenvalue weighted by atomic mass is 9.97. The number of hydrogen-bond donors (Lipinski definition) is 0. The molecule has 0 unspecified atom stereocenters. The van der Waals surface area contributed by atoms with Crippen molar-refractivity contribution in [1.29, 1.82) is 0 Å². The van der Waals surface area contributed by atoms with Crippen LogP contribution < -0.4 is 5.56 Å². The topological polar surface area (TPSA) is 97.4 Å². The van der Waals surface area contributed by atoms with E-state index in [1.165, 1.54) is 0 Å². The van der Waals surface area contributed by atoms with Crippen LogP contribution in [0.1, 0.15) is 34.6 Å². The summed E-state index contributed by atoms with van der Waals surface area (Å²) in [6, 6.07) is 7.10. The van der Waals surface area contributed by atoms with Crippen molar-refractivity contribution in [3.8, 4) is 11.3 Å². The first-order valence-electron chi connectivity index (χ1n) is 11.2. The molecule has 9 heteroatoms. The van der Waals surface area contributed by atoms with Gasteiger partial charge in [0.1, 0.15) is 0 Å². The minimum absolute atomic E-state index is 0.0186. The van der Waals surface area contributed by atoms with Gasteiger partial charge in [-0.05, 0) is 43.4 Å². The van der Waals surface area contributed by atoms with Crippen LogP contribution in [0.15, 0.2) is 46.0 Å². The van der Waals surface area contributed by atoms with Gasteiger partial charge in [0.15, 0.2) is 11.5 Å². The Hall–Kier alpha value is -3.33. The number of carbonyl (C=O) groups excluding carboxylic acids is 1. The predicted octanol–water partition coefficient (Wildman–Crippen LogP) is 1.63. The first kappa shape index (κ1) is 20.6. The summed E-state index contributed by atoms with van der Waals surface area (Å²) in [5.41, 5.74) is 3.26. The standard InChI is InChI=1S/C23H26N6O3/c30-22-14-17-4-1-2-6-19(17)25-29(22)13-10-27-8-11-28(12-9-27)23(31)20-15-21(32-26-20)18-5-3-7-24-16-18/h3,5,7,14-16H,1-2,4,6,8-13H2. The fourth-order valence-corrected chi connectivity index (χ4v) is 4.35. The molecule has 0 saturated carbocycles. The summed E-state index contributed by atoms with van der Waals surface area (Å²) in [6.45, 7) is 4.03. The fraction of sp³-hybridized carbons (Fsp3) is 0.435. The number of hydrogen-bond acceptors (Lipinski definition) is 7. The van der Waals surface area contributed by atoms with E-state index in [0.29, 0.717) is 31.1 Å². The summed E-state index contributed by atoms with van der Waals surface area (Å²) in [4.78, 5) is 33.3. The van der Waals surface area contributed by atoms with Crippen molar-refractivity contribution in [3.63, 3.8) is 0 Å². The maximum atomic E-state index is 12.8. The molecule has 5 rings (SSSR count). The highest BCUT2D eigenvalue weighted by Crippen LogP contribution is 2.20. The lowest BCUT2D eigenvalue weighted by Gasteiger charge is -2.34. The van der Waals surface area contributed by atoms with Crippen LogP contribution in [0.25, 0.3) is 11.3 Å². The lowest BCUT2D eigenvalue weighted by molar-refractivity contribution is 0.0621. The molecule has 166 valence electrons. The third-order valence-corrected chi connectivity index (χ3v) is 6.24. The minimum atomic E-state index is -0.129. The summed E-state index contributed by atoms with van der Waals surface area (Å²) in [5.74, 6) is 0.402. The molecule has 4 heterocycles. The molecule has 0 atom stereocenters. The molecule has 1 aliphatic heterocycles. The molecule has 9 nitrogen and oxygen atoms in total. The SMILES string of the molecule is O=C(c1cc(-c2cccnc2)on1)N1CCN(CCn2nc3c(cc2=O)CCCC3)CC1. The van der Waals surface area contributed by atoms with Crippen molar-refractivity contribution in [2.45, 2.75) is 32.2 Å². The number of piperazine rings is 1. The van der Waals surface area contributed by atoms with Gasteiger partial charge in [0.2, 0.25) is 0 Å². The average molecular weight is 435 g/mol. The van der Waals surface area contributed by atoms with Crippen LogP contribution in [0, 0.1) is 0 Å². The maximum Gasteiger partial charge on any atom is 0.276 e. The van der Waals surface area contributed by atoms with E-state index in [1.54, 1.807) is 34.1 Å². The first-order valence-corrected chi connectivity index (χ1v) is 11.2. The van der Waals surface area contributed by atoms with Gasteiger partial charge >= 0.3 is 0 Å². The molecule has 1 fully saturated rings. The Morgan fingerprint density at radius 1 is 1.06 bits per heavy atom. The molecule has 1 amide bonds. The van der Waals surface area contributed by atoms with E-state index in [9.17, 15) is 9.59 Å². The molecular weight excluding hydrogens is 408 g/mol. The van der Waals surface area contributed by atoms with Crippen molar-refractivity contribution in [1.82, 2.24) is 29.7 Å². The van der Waals surface area contributed by atoms with Gasteiger partial charge in [0.25, 0.3) is 11.5 Å². The molecule has 0 radical (unpaired) electrons. The zero-order chi connectivity index (χ0) is 21.9. The van der Waals surface area contributed by atoms with Crippen molar-refractivity contribution in [3.05, 3.63) is 64.0 Å². The van der Waals surface area contributed by atoms with E-state index in [4.69, 9.17) is 4.52 Å². The Bertz CT molecular complexity index is 1150. The van der Waals surface area contributed by atoms with Gasteiger partial charge in [-0.15, -0.1) is 0 Å². The van der Waals surface area contributed by atoms with Crippen LogP contribution in [0.3, 0.4) is 0 Å². The molecular formula is C23H26N6O3. The molecule has 1 aliphatic carbocycles. The summed E-state index contributed by atoms with van der Waals surface area (Å²) >= 11 is 0. The Morgan fingerprint density at radius 3 is 2.72 bits per heavy atom. The fourth-order valence-electron chi connectivity index (χ4n) is 4.35. The summed E-state index contributed by atoms with van der Waals surface area (Å²) in [6.07, 6.45) is 7.56. The van der Waals surface area contributed by atoms with E-state index >= 15 is 0 Å². The molecule has 2 aliphatic rings. The Kier molecular flexibility index (Phi) is 5.81. The van der Waals surface area contributed by atoms with Crippen LogP contribution in [-0.2, 0) is 19.4 Å². The van der Waals surface area contributed by atoms with Gasteiger partial charge in [-0.2, -0.15) is 5.10 Å². The highest BCUT2D eigenvalue weighted by atomic mass is 16.5. The van der Waals surface area contributed by atoms with Crippen molar-refractivity contribution in [2.24, 2.45) is 0 Å². The monoisotopic (exact) mass is 434 g/mol. The van der Waals surface area contributed by atoms with E-state index in [0.717, 1.165) is 62.1 Å². The van der Waals surface area contributed by atoms with E-state index in [1.807, 2.05) is 12.1 Å². The van der Waals surface area contributed by atoms with Crippen molar-refractivity contribution < 1.29 is 9.32 Å². The average Bonchev–Trinajstić information content (AvgIpc) is 3.34. The third-order valence-electron chi connectivity index (χ3n) is 6.24. The van der Waals surface area contributed by atoms with Crippen LogP contribution in [0.5, 0.6) is 0 Å². The number of aryl methyl sites for hydroxylation is 2. The normalized spacial score (nSPS) is 16.7. The predicted molar refractivity (Wildman–Crippen MR) is 117 cm³/mol. The number of pyridine rings is 1. The van der Waals surface area contributed by atoms with Crippen molar-refractivity contribution >= 4 is 5.91 Å². The molecule has 0 bridgehead atoms. The molecule has 32 heavy (non-hydrogen) atoms. The Morgan fingerprint density at radius 2 is 1.91 bits per heavy atom. The van der Waals surface area contributed by atoms with E-state index < -0.39 is 0 Å². The Balaban J connectivity index is 1.15. The molecule has 3 aromatic rings. The summed E-state index contributed by atoms with van der Waals surface area (Å²) in [5, 5.41) is 8.55. The minimum Gasteiger partial charge on any atom is -0.355 e. The molecule has 3 aromatic heterocycles. The molecule has 0 N–H and O–H groups in total. The van der Waals surface area contributed by atoms with Gasteiger partial charge in [0.05, 0.1) is 12.2 Å². The summed E-state index contributed by atoms with van der Waals surface area (Å²) < 4.78 is 6.93. The number of nitrogens with zero attached hydrogens (tertiary/aromatic N) is 6. The Labute approximate surface area is 185 Å². The highest BCUT2D eigenvalue weighted by molar-refractivity contribution is 5.93. The number of aromatic nitrogens is 4. The molecule has 1 saturated heterocycles. The second-order valence-corrected chi connectivity index (χ2v) is 8.34. The zero-order valence-corrected chi connectivity index (χ0v) is 17.9. The third kappa shape index (κ3) is 4.34. The second kappa shape index (κ2) is 9.04. The highest BCUT2D eigenvalue weighted by Gasteiger charge is 2.25. The zero-order valence-electron chi connectivity index (χ0n) is 17.9. The van der Waals surface area contributed by atoms with Gasteiger partial charge in [-0.3, -0.25) is 19.5 Å². The van der Waals surface area contributed by atoms with E-state index in [2.05, 4.69) is 20.1 Å². The van der Waals surface area contributed by atoms with E-state index in [-0.39, 0.29) is 11.5 Å². The summed E-state index contributed by atoms with van der Waals surface area (Å²) in [7, 11) is 0. The van der Waals surface area contributed by atoms with Crippen LogP contribution in [-0.4, -0.2) is 68.4 Å². The number of carbonyl (C=O) groups is 1. The second-order valence-electron chi connectivity index (χ2n) is 8.34. The van der Waals surface area contributed by atoms with Gasteiger partial charge in [-0.25, -0.2) is 4.68 Å². The number of fused-ring (bicyclic) bond motifs is 1. The van der Waals surface area contributed by atoms with Gasteiger partial charge < -0.3 is 9.42 Å². The number of rotatable bonds is 5. The van der Waals surface area contributed by atoms with Crippen LogP contribution >= 0.6 is 0 Å². The quantitative estimate of drug-likeness (QED) is 0.602. The largest absolute Gasteiger partial charge is 0.355 e. The van der Waals surface area contributed by atoms with Crippen LogP contribution in [0.4, 0.5) is 0 Å². The van der Waals surface area contributed by atoms with Gasteiger partial charge in [0, 0.05) is 62.8 Å². The van der Waals surface area contributed by atoms with Gasteiger partial charge in [-0.1, -0.05) is 5.16 Å². The maximum absolute atomic E-state index is 12.8. The molecule has 0 aromatic carbocycles. The number of amides is 1. The van der Waals surface area contributed by atoms with Crippen LogP contribution in [0.2, 0.25) is 0 Å². The lowest BCUT2D eigenvalue weighted by Crippen LogP contribution is -2.49. The molecule has 0 spiro atoms. The van der Waals surface area contributed by atoms with Crippen molar-refractivity contribution in [2.75, 3.05) is 32.7 Å². The smallest absolute Gasteiger partial charge is 0.276 e. The first-order chi connectivity index (χ1) is 15.7.